The van der Waals surface area contributed by atoms with E-state index in [4.69, 9.17) is 0 Å². The molecule has 1 unspecified atom stereocenters. The molecule has 6 heteroatoms. The molecule has 0 fully saturated rings. The molecule has 2 aromatic rings. The Bertz CT molecular complexity index is 660. The Hall–Kier alpha value is -1.56. The minimum atomic E-state index is -0.000713. The van der Waals surface area contributed by atoms with E-state index in [1.165, 1.54) is 11.1 Å². The maximum Gasteiger partial charge on any atom is 0.321 e. The molecule has 24 heavy (non-hydrogen) atoms. The molecule has 2 amide bonds. The van der Waals surface area contributed by atoms with E-state index in [-0.39, 0.29) is 24.5 Å². The number of para-hydroxylation sites is 1. The van der Waals surface area contributed by atoms with Gasteiger partial charge in [0.15, 0.2) is 0 Å². The van der Waals surface area contributed by atoms with Crippen molar-refractivity contribution in [2.45, 2.75) is 18.9 Å². The SMILES string of the molecule is CN(C)C(CNC(=O)N1CCCc2ccccc21)c1ccsc1.Cl. The molecule has 1 N–H and O–H groups in total. The van der Waals surface area contributed by atoms with Crippen LogP contribution in [0, 0.1) is 0 Å². The number of hydrogen-bond acceptors (Lipinski definition) is 3. The predicted octanol–water partition coefficient (Wildman–Crippen LogP) is 3.94. The van der Waals surface area contributed by atoms with Crippen LogP contribution in [0.1, 0.15) is 23.6 Å². The Labute approximate surface area is 153 Å². The summed E-state index contributed by atoms with van der Waals surface area (Å²) in [7, 11) is 4.09. The van der Waals surface area contributed by atoms with Gasteiger partial charge in [-0.2, -0.15) is 11.3 Å². The first-order valence-corrected chi connectivity index (χ1v) is 8.93. The van der Waals surface area contributed by atoms with E-state index >= 15 is 0 Å². The van der Waals surface area contributed by atoms with Crippen molar-refractivity contribution >= 4 is 35.5 Å². The van der Waals surface area contributed by atoms with E-state index in [0.29, 0.717) is 6.54 Å². The second kappa shape index (κ2) is 8.51. The van der Waals surface area contributed by atoms with Gasteiger partial charge in [-0.3, -0.25) is 4.90 Å². The average Bonchev–Trinajstić information content (AvgIpc) is 3.08. The number of nitrogens with one attached hydrogen (secondary N) is 1. The quantitative estimate of drug-likeness (QED) is 0.890. The molecule has 1 aliphatic heterocycles. The molecule has 0 radical (unpaired) electrons. The summed E-state index contributed by atoms with van der Waals surface area (Å²) in [5, 5.41) is 7.34. The maximum absolute atomic E-state index is 12.7. The van der Waals surface area contributed by atoms with E-state index in [1.807, 2.05) is 37.2 Å². The van der Waals surface area contributed by atoms with Gasteiger partial charge in [0, 0.05) is 18.8 Å². The van der Waals surface area contributed by atoms with Gasteiger partial charge >= 0.3 is 6.03 Å². The molecule has 1 aliphatic rings. The fourth-order valence-corrected chi connectivity index (χ4v) is 3.79. The molecule has 4 nitrogen and oxygen atoms in total. The molecule has 0 aliphatic carbocycles. The Kier molecular flexibility index (Phi) is 6.66. The van der Waals surface area contributed by atoms with Crippen LogP contribution in [0.4, 0.5) is 10.5 Å². The Balaban J connectivity index is 0.00000208. The van der Waals surface area contributed by atoms with Crippen LogP contribution < -0.4 is 10.2 Å². The molecule has 1 aromatic heterocycles. The number of amides is 2. The molecular formula is C18H24ClN3OS. The number of anilines is 1. The zero-order valence-electron chi connectivity index (χ0n) is 14.1. The Morgan fingerprint density at radius 2 is 2.12 bits per heavy atom. The van der Waals surface area contributed by atoms with E-state index in [2.05, 4.69) is 33.1 Å². The lowest BCUT2D eigenvalue weighted by molar-refractivity contribution is 0.237. The highest BCUT2D eigenvalue weighted by atomic mass is 35.5. The number of carbonyl (C=O) groups excluding carboxylic acids is 1. The minimum absolute atomic E-state index is 0. The molecule has 130 valence electrons. The topological polar surface area (TPSA) is 35.6 Å². The van der Waals surface area contributed by atoms with Crippen LogP contribution in [0.25, 0.3) is 0 Å². The molecule has 0 spiro atoms. The van der Waals surface area contributed by atoms with E-state index in [9.17, 15) is 4.79 Å². The summed E-state index contributed by atoms with van der Waals surface area (Å²) in [6.07, 6.45) is 2.07. The molecule has 1 aromatic carbocycles. The van der Waals surface area contributed by atoms with Crippen LogP contribution in [0.15, 0.2) is 41.1 Å². The summed E-state index contributed by atoms with van der Waals surface area (Å²) >= 11 is 1.69. The predicted molar refractivity (Wildman–Crippen MR) is 104 cm³/mol. The van der Waals surface area contributed by atoms with Crippen molar-refractivity contribution < 1.29 is 4.79 Å². The third-order valence-electron chi connectivity index (χ3n) is 4.35. The second-order valence-electron chi connectivity index (χ2n) is 6.11. The van der Waals surface area contributed by atoms with E-state index in [0.717, 1.165) is 25.1 Å². The highest BCUT2D eigenvalue weighted by Crippen LogP contribution is 2.27. The van der Waals surface area contributed by atoms with Crippen molar-refractivity contribution in [1.29, 1.82) is 0 Å². The van der Waals surface area contributed by atoms with Crippen LogP contribution in [-0.2, 0) is 6.42 Å². The van der Waals surface area contributed by atoms with Crippen LogP contribution >= 0.6 is 23.7 Å². The number of likely N-dealkylation sites (N-methyl/N-ethyl adjacent to an activating group) is 1. The zero-order chi connectivity index (χ0) is 16.2. The van der Waals surface area contributed by atoms with Crippen molar-refractivity contribution in [3.8, 4) is 0 Å². The average molecular weight is 366 g/mol. The molecular weight excluding hydrogens is 342 g/mol. The summed E-state index contributed by atoms with van der Waals surface area (Å²) in [4.78, 5) is 16.7. The van der Waals surface area contributed by atoms with Crippen molar-refractivity contribution in [3.05, 3.63) is 52.2 Å². The lowest BCUT2D eigenvalue weighted by atomic mass is 10.0. The number of hydrogen-bond donors (Lipinski definition) is 1. The molecule has 0 bridgehead atoms. The monoisotopic (exact) mass is 365 g/mol. The number of nitrogens with zero attached hydrogens (tertiary/aromatic N) is 2. The third kappa shape index (κ3) is 4.09. The van der Waals surface area contributed by atoms with Crippen molar-refractivity contribution in [2.24, 2.45) is 0 Å². The smallest absolute Gasteiger partial charge is 0.321 e. The number of benzene rings is 1. The first-order chi connectivity index (χ1) is 11.2. The fourth-order valence-electron chi connectivity index (χ4n) is 3.09. The summed E-state index contributed by atoms with van der Waals surface area (Å²) in [6.45, 7) is 1.40. The number of thiophene rings is 1. The van der Waals surface area contributed by atoms with Gasteiger partial charge in [-0.25, -0.2) is 4.79 Å². The number of rotatable bonds is 4. The van der Waals surface area contributed by atoms with E-state index in [1.54, 1.807) is 11.3 Å². The summed E-state index contributed by atoms with van der Waals surface area (Å²) in [5.41, 5.74) is 3.56. The van der Waals surface area contributed by atoms with Gasteiger partial charge in [0.25, 0.3) is 0 Å². The zero-order valence-corrected chi connectivity index (χ0v) is 15.7. The maximum atomic E-state index is 12.7. The second-order valence-corrected chi connectivity index (χ2v) is 6.89. The summed E-state index contributed by atoms with van der Waals surface area (Å²) < 4.78 is 0. The highest BCUT2D eigenvalue weighted by molar-refractivity contribution is 7.07. The van der Waals surface area contributed by atoms with Gasteiger partial charge < -0.3 is 10.2 Å². The number of fused-ring (bicyclic) bond motifs is 1. The summed E-state index contributed by atoms with van der Waals surface area (Å²) in [5.74, 6) is 0. The summed E-state index contributed by atoms with van der Waals surface area (Å²) in [6, 6.07) is 10.5. The first-order valence-electron chi connectivity index (χ1n) is 7.98. The molecule has 2 heterocycles. The van der Waals surface area contributed by atoms with Gasteiger partial charge in [0.1, 0.15) is 0 Å². The van der Waals surface area contributed by atoms with Gasteiger partial charge in [0.2, 0.25) is 0 Å². The number of carbonyl (C=O) groups is 1. The normalized spacial score (nSPS) is 14.7. The fraction of sp³-hybridized carbons (Fsp3) is 0.389. The van der Waals surface area contributed by atoms with Gasteiger partial charge in [-0.1, -0.05) is 18.2 Å². The van der Waals surface area contributed by atoms with Crippen molar-refractivity contribution in [3.63, 3.8) is 0 Å². The minimum Gasteiger partial charge on any atom is -0.336 e. The molecule has 1 atom stereocenters. The van der Waals surface area contributed by atoms with Crippen molar-refractivity contribution in [2.75, 3.05) is 32.1 Å². The van der Waals surface area contributed by atoms with Gasteiger partial charge in [-0.05, 0) is 61.0 Å². The third-order valence-corrected chi connectivity index (χ3v) is 5.05. The first kappa shape index (κ1) is 18.8. The number of halogens is 1. The van der Waals surface area contributed by atoms with Gasteiger partial charge in [0.05, 0.1) is 6.04 Å². The largest absolute Gasteiger partial charge is 0.336 e. The highest BCUT2D eigenvalue weighted by Gasteiger charge is 2.23. The Morgan fingerprint density at radius 1 is 1.33 bits per heavy atom. The van der Waals surface area contributed by atoms with Crippen molar-refractivity contribution in [1.82, 2.24) is 10.2 Å². The number of aryl methyl sites for hydroxylation is 1. The van der Waals surface area contributed by atoms with Crippen LogP contribution in [0.3, 0.4) is 0 Å². The van der Waals surface area contributed by atoms with E-state index < -0.39 is 0 Å². The van der Waals surface area contributed by atoms with Gasteiger partial charge in [-0.15, -0.1) is 12.4 Å². The van der Waals surface area contributed by atoms with Crippen LogP contribution in [-0.4, -0.2) is 38.1 Å². The number of urea groups is 1. The molecule has 0 saturated heterocycles. The lowest BCUT2D eigenvalue weighted by Gasteiger charge is -2.31. The molecule has 0 saturated carbocycles. The standard InChI is InChI=1S/C18H23N3OS.ClH/c1-20(2)17(15-9-11-23-13-15)12-19-18(22)21-10-5-7-14-6-3-4-8-16(14)21;/h3-4,6,8-9,11,13,17H,5,7,10,12H2,1-2H3,(H,19,22);1H. The van der Waals surface area contributed by atoms with Crippen LogP contribution in [0.2, 0.25) is 0 Å². The Morgan fingerprint density at radius 3 is 2.83 bits per heavy atom. The lowest BCUT2D eigenvalue weighted by Crippen LogP contribution is -2.45. The van der Waals surface area contributed by atoms with Crippen LogP contribution in [0.5, 0.6) is 0 Å². The molecule has 3 rings (SSSR count).